The number of nitrogens with zero attached hydrogens (tertiary/aromatic N) is 2. The zero-order chi connectivity index (χ0) is 18.8. The number of sulfonamides is 1. The van der Waals surface area contributed by atoms with E-state index in [1.807, 2.05) is 20.8 Å². The summed E-state index contributed by atoms with van der Waals surface area (Å²) in [6.07, 6.45) is 0. The highest BCUT2D eigenvalue weighted by Crippen LogP contribution is 2.31. The molecule has 7 nitrogen and oxygen atoms in total. The number of carbonyl (C=O) groups excluding carboxylic acids is 1. The second-order valence-electron chi connectivity index (χ2n) is 6.96. The van der Waals surface area contributed by atoms with Crippen molar-refractivity contribution in [2.45, 2.75) is 25.7 Å². The number of benzene rings is 1. The molecule has 0 saturated carbocycles. The molecule has 1 aromatic rings. The van der Waals surface area contributed by atoms with Gasteiger partial charge in [0, 0.05) is 37.7 Å². The Bertz CT molecular complexity index is 732. The first-order valence-electron chi connectivity index (χ1n) is 8.13. The number of ether oxygens (including phenoxy) is 2. The van der Waals surface area contributed by atoms with Gasteiger partial charge < -0.3 is 14.4 Å². The average molecular weight is 370 g/mol. The molecule has 0 bridgehead atoms. The lowest BCUT2D eigenvalue weighted by Gasteiger charge is -2.37. The lowest BCUT2D eigenvalue weighted by atomic mass is 9.94. The van der Waals surface area contributed by atoms with Crippen molar-refractivity contribution >= 4 is 15.9 Å². The summed E-state index contributed by atoms with van der Waals surface area (Å²) in [7, 11) is -0.683. The zero-order valence-corrected chi connectivity index (χ0v) is 16.2. The number of piperazine rings is 1. The summed E-state index contributed by atoms with van der Waals surface area (Å²) in [5.41, 5.74) is -0.468. The maximum absolute atomic E-state index is 12.9. The van der Waals surface area contributed by atoms with Crippen LogP contribution in [0.1, 0.15) is 20.8 Å². The zero-order valence-electron chi connectivity index (χ0n) is 15.4. The predicted molar refractivity (Wildman–Crippen MR) is 94.3 cm³/mol. The molecule has 0 aromatic heterocycles. The maximum Gasteiger partial charge on any atom is 0.243 e. The lowest BCUT2D eigenvalue weighted by molar-refractivity contribution is -0.140. The highest BCUT2D eigenvalue weighted by molar-refractivity contribution is 7.89. The van der Waals surface area contributed by atoms with Gasteiger partial charge in [-0.05, 0) is 12.1 Å². The van der Waals surface area contributed by atoms with E-state index >= 15 is 0 Å². The fraction of sp³-hybridized carbons (Fsp3) is 0.588. The molecule has 0 atom stereocenters. The summed E-state index contributed by atoms with van der Waals surface area (Å²) in [5.74, 6) is 0.878. The van der Waals surface area contributed by atoms with E-state index < -0.39 is 15.4 Å². The molecule has 0 spiro atoms. The summed E-state index contributed by atoms with van der Waals surface area (Å²) in [6.45, 7) is 6.93. The topological polar surface area (TPSA) is 76.2 Å². The Morgan fingerprint density at radius 1 is 1.00 bits per heavy atom. The van der Waals surface area contributed by atoms with Crippen molar-refractivity contribution in [2.24, 2.45) is 5.41 Å². The summed E-state index contributed by atoms with van der Waals surface area (Å²) < 4.78 is 37.4. The normalized spacial score (nSPS) is 16.6. The fourth-order valence-electron chi connectivity index (χ4n) is 2.73. The number of methoxy groups -OCH3 is 2. The molecule has 1 amide bonds. The Morgan fingerprint density at radius 2 is 1.56 bits per heavy atom. The van der Waals surface area contributed by atoms with Crippen LogP contribution in [-0.4, -0.2) is 63.9 Å². The Kier molecular flexibility index (Phi) is 5.63. The maximum atomic E-state index is 12.9. The van der Waals surface area contributed by atoms with Crippen LogP contribution in [0.25, 0.3) is 0 Å². The molecule has 25 heavy (non-hydrogen) atoms. The second kappa shape index (κ2) is 7.21. The quantitative estimate of drug-likeness (QED) is 0.804. The van der Waals surface area contributed by atoms with Crippen LogP contribution in [0.5, 0.6) is 11.5 Å². The number of amides is 1. The van der Waals surface area contributed by atoms with Gasteiger partial charge in [-0.25, -0.2) is 8.42 Å². The SMILES string of the molecule is COc1ccc(S(=O)(=O)N2CCN(C(=O)C(C)(C)C)CC2)cc1OC. The highest BCUT2D eigenvalue weighted by Gasteiger charge is 2.34. The van der Waals surface area contributed by atoms with E-state index in [9.17, 15) is 13.2 Å². The van der Waals surface area contributed by atoms with Crippen molar-refractivity contribution in [2.75, 3.05) is 40.4 Å². The van der Waals surface area contributed by atoms with Gasteiger partial charge in [-0.1, -0.05) is 20.8 Å². The van der Waals surface area contributed by atoms with Crippen molar-refractivity contribution in [3.8, 4) is 11.5 Å². The van der Waals surface area contributed by atoms with Crippen molar-refractivity contribution < 1.29 is 22.7 Å². The molecule has 0 radical (unpaired) electrons. The summed E-state index contributed by atoms with van der Waals surface area (Å²) in [6, 6.07) is 4.54. The lowest BCUT2D eigenvalue weighted by Crippen LogP contribution is -2.52. The number of rotatable bonds is 4. The summed E-state index contributed by atoms with van der Waals surface area (Å²) >= 11 is 0. The van der Waals surface area contributed by atoms with Gasteiger partial charge in [-0.3, -0.25) is 4.79 Å². The molecule has 0 unspecified atom stereocenters. The minimum absolute atomic E-state index is 0.0377. The molecule has 140 valence electrons. The minimum Gasteiger partial charge on any atom is -0.493 e. The first-order valence-corrected chi connectivity index (χ1v) is 9.57. The Labute approximate surface area is 149 Å². The van der Waals surface area contributed by atoms with E-state index in [2.05, 4.69) is 0 Å². The summed E-state index contributed by atoms with van der Waals surface area (Å²) in [5, 5.41) is 0. The van der Waals surface area contributed by atoms with Gasteiger partial charge in [0.1, 0.15) is 0 Å². The van der Waals surface area contributed by atoms with Crippen LogP contribution >= 0.6 is 0 Å². The van der Waals surface area contributed by atoms with E-state index in [-0.39, 0.29) is 23.9 Å². The van der Waals surface area contributed by atoms with E-state index in [1.54, 1.807) is 11.0 Å². The number of hydrogen-bond acceptors (Lipinski definition) is 5. The van der Waals surface area contributed by atoms with Crippen molar-refractivity contribution in [1.82, 2.24) is 9.21 Å². The van der Waals surface area contributed by atoms with E-state index in [0.717, 1.165) is 0 Å². The van der Waals surface area contributed by atoms with Gasteiger partial charge in [-0.2, -0.15) is 4.31 Å². The fourth-order valence-corrected chi connectivity index (χ4v) is 4.17. The average Bonchev–Trinajstić information content (AvgIpc) is 2.59. The molecule has 1 fully saturated rings. The third kappa shape index (κ3) is 4.07. The Morgan fingerprint density at radius 3 is 2.04 bits per heavy atom. The number of carbonyl (C=O) groups is 1. The van der Waals surface area contributed by atoms with Crippen molar-refractivity contribution in [1.29, 1.82) is 0 Å². The largest absolute Gasteiger partial charge is 0.493 e. The third-order valence-corrected chi connectivity index (χ3v) is 6.05. The standard InChI is InChI=1S/C17H26N2O5S/c1-17(2,3)16(20)18-8-10-19(11-9-18)25(21,22)13-6-7-14(23-4)15(12-13)24-5/h6-7,12H,8-11H2,1-5H3. The first-order chi connectivity index (χ1) is 11.6. The van der Waals surface area contributed by atoms with Gasteiger partial charge in [0.25, 0.3) is 0 Å². The van der Waals surface area contributed by atoms with Gasteiger partial charge in [0.15, 0.2) is 11.5 Å². The van der Waals surface area contributed by atoms with Gasteiger partial charge in [0.2, 0.25) is 15.9 Å². The molecular weight excluding hydrogens is 344 g/mol. The third-order valence-electron chi connectivity index (χ3n) is 4.16. The molecule has 8 heteroatoms. The van der Waals surface area contributed by atoms with Crippen LogP contribution in [-0.2, 0) is 14.8 Å². The van der Waals surface area contributed by atoms with E-state index in [4.69, 9.17) is 9.47 Å². The minimum atomic E-state index is -3.64. The second-order valence-corrected chi connectivity index (χ2v) is 8.90. The van der Waals surface area contributed by atoms with Crippen LogP contribution in [0, 0.1) is 5.41 Å². The Balaban J connectivity index is 2.16. The molecule has 1 aromatic carbocycles. The molecule has 0 N–H and O–H groups in total. The van der Waals surface area contributed by atoms with E-state index in [1.165, 1.54) is 30.7 Å². The van der Waals surface area contributed by atoms with Crippen molar-refractivity contribution in [3.05, 3.63) is 18.2 Å². The molecule has 2 rings (SSSR count). The molecule has 1 heterocycles. The van der Waals surface area contributed by atoms with Gasteiger partial charge >= 0.3 is 0 Å². The summed E-state index contributed by atoms with van der Waals surface area (Å²) in [4.78, 5) is 14.2. The van der Waals surface area contributed by atoms with Gasteiger partial charge in [-0.15, -0.1) is 0 Å². The first kappa shape index (κ1) is 19.5. The molecule has 1 aliphatic rings. The Hall–Kier alpha value is -1.80. The van der Waals surface area contributed by atoms with Crippen molar-refractivity contribution in [3.63, 3.8) is 0 Å². The highest BCUT2D eigenvalue weighted by atomic mass is 32.2. The number of hydrogen-bond donors (Lipinski definition) is 0. The molecule has 0 aliphatic carbocycles. The molecule has 1 aliphatic heterocycles. The molecular formula is C17H26N2O5S. The monoisotopic (exact) mass is 370 g/mol. The van der Waals surface area contributed by atoms with Crippen LogP contribution in [0.15, 0.2) is 23.1 Å². The smallest absolute Gasteiger partial charge is 0.243 e. The van der Waals surface area contributed by atoms with Crippen LogP contribution in [0.3, 0.4) is 0 Å². The molecule has 1 saturated heterocycles. The predicted octanol–water partition coefficient (Wildman–Crippen LogP) is 1.58. The van der Waals surface area contributed by atoms with Crippen LogP contribution in [0.2, 0.25) is 0 Å². The van der Waals surface area contributed by atoms with Gasteiger partial charge in [0.05, 0.1) is 19.1 Å². The van der Waals surface area contributed by atoms with Crippen LogP contribution in [0.4, 0.5) is 0 Å². The van der Waals surface area contributed by atoms with E-state index in [0.29, 0.717) is 24.6 Å². The van der Waals surface area contributed by atoms with Crippen LogP contribution < -0.4 is 9.47 Å².